The molecule has 124 valence electrons. The molecule has 1 saturated carbocycles. The van der Waals surface area contributed by atoms with Crippen LogP contribution in [0.4, 0.5) is 5.69 Å². The van der Waals surface area contributed by atoms with Gasteiger partial charge in [-0.05, 0) is 36.3 Å². The molecule has 0 heterocycles. The molecule has 1 aliphatic carbocycles. The molecule has 23 heavy (non-hydrogen) atoms. The predicted molar refractivity (Wildman–Crippen MR) is 87.9 cm³/mol. The summed E-state index contributed by atoms with van der Waals surface area (Å²) in [4.78, 5) is 34.6. The molecule has 0 radical (unpaired) electrons. The van der Waals surface area contributed by atoms with Gasteiger partial charge < -0.3 is 10.4 Å². The highest BCUT2D eigenvalue weighted by atomic mass is 16.4. The largest absolute Gasteiger partial charge is 0.475 e. The van der Waals surface area contributed by atoms with Crippen LogP contribution >= 0.6 is 0 Å². The first-order chi connectivity index (χ1) is 11.0. The minimum Gasteiger partial charge on any atom is -0.475 e. The van der Waals surface area contributed by atoms with Gasteiger partial charge in [-0.3, -0.25) is 9.59 Å². The predicted octanol–water partition coefficient (Wildman–Crippen LogP) is 3.52. The zero-order valence-corrected chi connectivity index (χ0v) is 13.6. The van der Waals surface area contributed by atoms with Gasteiger partial charge in [0.15, 0.2) is 0 Å². The van der Waals surface area contributed by atoms with Crippen molar-refractivity contribution in [3.05, 3.63) is 28.8 Å². The first-order valence-corrected chi connectivity index (χ1v) is 8.16. The Kier molecular flexibility index (Phi) is 5.53. The summed E-state index contributed by atoms with van der Waals surface area (Å²) >= 11 is 0. The van der Waals surface area contributed by atoms with Crippen LogP contribution in [0, 0.1) is 0 Å². The van der Waals surface area contributed by atoms with E-state index in [0.717, 1.165) is 31.2 Å². The van der Waals surface area contributed by atoms with Gasteiger partial charge in [-0.15, -0.1) is 0 Å². The molecule has 1 aromatic rings. The van der Waals surface area contributed by atoms with Crippen LogP contribution in [0.5, 0.6) is 0 Å². The fourth-order valence-corrected chi connectivity index (χ4v) is 3.44. The van der Waals surface area contributed by atoms with Crippen LogP contribution in [0.25, 0.3) is 0 Å². The molecule has 5 heteroatoms. The maximum Gasteiger partial charge on any atom is 0.377 e. The number of rotatable bonds is 5. The Morgan fingerprint density at radius 1 is 1.17 bits per heavy atom. The maximum absolute atomic E-state index is 11.9. The van der Waals surface area contributed by atoms with E-state index in [9.17, 15) is 14.4 Å². The highest BCUT2D eigenvalue weighted by Gasteiger charge is 2.25. The number of aliphatic carboxylic acids is 1. The summed E-state index contributed by atoms with van der Waals surface area (Å²) in [7, 11) is 0. The lowest BCUT2D eigenvalue weighted by molar-refractivity contribution is -0.131. The summed E-state index contributed by atoms with van der Waals surface area (Å²) in [5, 5.41) is 11.8. The number of hydrogen-bond acceptors (Lipinski definition) is 3. The molecular formula is C18H23NO4. The summed E-state index contributed by atoms with van der Waals surface area (Å²) in [5.41, 5.74) is 2.46. The molecule has 1 amide bonds. The van der Waals surface area contributed by atoms with Gasteiger partial charge in [0.2, 0.25) is 5.91 Å². The van der Waals surface area contributed by atoms with E-state index in [4.69, 9.17) is 5.11 Å². The highest BCUT2D eigenvalue weighted by Crippen LogP contribution is 2.39. The van der Waals surface area contributed by atoms with Gasteiger partial charge in [0.05, 0.1) is 0 Å². The second-order valence-electron chi connectivity index (χ2n) is 6.06. The number of hydrogen-bond donors (Lipinski definition) is 2. The number of benzene rings is 1. The normalized spacial score (nSPS) is 15.2. The van der Waals surface area contributed by atoms with Crippen LogP contribution < -0.4 is 5.32 Å². The maximum atomic E-state index is 11.9. The first kappa shape index (κ1) is 17.2. The van der Waals surface area contributed by atoms with Gasteiger partial charge in [0.25, 0.3) is 5.78 Å². The molecule has 0 aromatic heterocycles. The lowest BCUT2D eigenvalue weighted by Gasteiger charge is -2.26. The van der Waals surface area contributed by atoms with E-state index in [2.05, 4.69) is 5.32 Å². The second-order valence-corrected chi connectivity index (χ2v) is 6.06. The first-order valence-electron chi connectivity index (χ1n) is 8.16. The average Bonchev–Trinajstić information content (AvgIpc) is 2.53. The van der Waals surface area contributed by atoms with Crippen molar-refractivity contribution in [3.63, 3.8) is 0 Å². The number of Topliss-reactive ketones (excluding diaryl/α,β-unsaturated/α-hetero) is 1. The van der Waals surface area contributed by atoms with Crippen molar-refractivity contribution in [2.45, 2.75) is 58.3 Å². The van der Waals surface area contributed by atoms with Gasteiger partial charge in [-0.1, -0.05) is 38.3 Å². The van der Waals surface area contributed by atoms with Crippen LogP contribution in [-0.2, 0) is 16.0 Å². The van der Waals surface area contributed by atoms with Crippen molar-refractivity contribution >= 4 is 23.3 Å². The average molecular weight is 317 g/mol. The van der Waals surface area contributed by atoms with E-state index in [-0.39, 0.29) is 11.5 Å². The zero-order valence-electron chi connectivity index (χ0n) is 13.6. The molecule has 0 saturated heterocycles. The summed E-state index contributed by atoms with van der Waals surface area (Å²) in [6.07, 6.45) is 6.14. The Hall–Kier alpha value is -2.17. The van der Waals surface area contributed by atoms with Crippen molar-refractivity contribution in [1.29, 1.82) is 0 Å². The summed E-state index contributed by atoms with van der Waals surface area (Å²) in [5.74, 6) is -2.26. The molecule has 2 rings (SSSR count). The number of amides is 1. The van der Waals surface area contributed by atoms with Crippen LogP contribution in [0.1, 0.15) is 73.4 Å². The minimum atomic E-state index is -1.47. The molecule has 0 atom stereocenters. The zero-order chi connectivity index (χ0) is 17.0. The molecule has 1 aliphatic rings. The third-order valence-corrected chi connectivity index (χ3v) is 4.48. The lowest BCUT2D eigenvalue weighted by atomic mass is 9.81. The van der Waals surface area contributed by atoms with Gasteiger partial charge >= 0.3 is 5.97 Å². The molecule has 1 aromatic carbocycles. The number of carboxylic acid groups (broad SMARTS) is 1. The van der Waals surface area contributed by atoms with Crippen LogP contribution in [-0.4, -0.2) is 22.8 Å². The lowest BCUT2D eigenvalue weighted by Crippen LogP contribution is -2.19. The standard InChI is InChI=1S/C18H23NO4/c1-3-13-15(17(21)18(22)23)10-9-14(16(13)19-11(2)20)12-7-5-4-6-8-12/h9-10,12H,3-8H2,1-2H3,(H,19,20)(H,22,23). The van der Waals surface area contributed by atoms with Gasteiger partial charge in [0.1, 0.15) is 0 Å². The number of nitrogens with one attached hydrogen (secondary N) is 1. The van der Waals surface area contributed by atoms with Crippen molar-refractivity contribution in [1.82, 2.24) is 0 Å². The Bertz CT molecular complexity index is 630. The number of anilines is 1. The van der Waals surface area contributed by atoms with Crippen molar-refractivity contribution < 1.29 is 19.5 Å². The number of ketones is 1. The molecule has 5 nitrogen and oxygen atoms in total. The number of carbonyl (C=O) groups excluding carboxylic acids is 2. The summed E-state index contributed by atoms with van der Waals surface area (Å²) < 4.78 is 0. The fourth-order valence-electron chi connectivity index (χ4n) is 3.44. The number of carbonyl (C=O) groups is 3. The Balaban J connectivity index is 2.56. The van der Waals surface area contributed by atoms with Gasteiger partial charge in [-0.2, -0.15) is 0 Å². The SMILES string of the molecule is CCc1c(C(=O)C(=O)O)ccc(C2CCCCC2)c1NC(C)=O. The molecule has 0 bridgehead atoms. The molecule has 0 aliphatic heterocycles. The molecular weight excluding hydrogens is 294 g/mol. The van der Waals surface area contributed by atoms with Gasteiger partial charge in [-0.25, -0.2) is 4.79 Å². The Morgan fingerprint density at radius 2 is 1.83 bits per heavy atom. The Morgan fingerprint density at radius 3 is 2.35 bits per heavy atom. The van der Waals surface area contributed by atoms with Crippen LogP contribution in [0.15, 0.2) is 12.1 Å². The Labute approximate surface area is 136 Å². The second kappa shape index (κ2) is 7.40. The monoisotopic (exact) mass is 317 g/mol. The van der Waals surface area contributed by atoms with E-state index in [1.54, 1.807) is 6.07 Å². The van der Waals surface area contributed by atoms with Gasteiger partial charge in [0, 0.05) is 18.2 Å². The molecule has 2 N–H and O–H groups in total. The smallest absolute Gasteiger partial charge is 0.377 e. The highest BCUT2D eigenvalue weighted by molar-refractivity contribution is 6.40. The van der Waals surface area contributed by atoms with Crippen molar-refractivity contribution in [2.24, 2.45) is 0 Å². The summed E-state index contributed by atoms with van der Waals surface area (Å²) in [6, 6.07) is 3.42. The van der Waals surface area contributed by atoms with E-state index in [1.165, 1.54) is 13.3 Å². The van der Waals surface area contributed by atoms with Crippen molar-refractivity contribution in [3.8, 4) is 0 Å². The molecule has 0 spiro atoms. The van der Waals surface area contributed by atoms with E-state index >= 15 is 0 Å². The van der Waals surface area contributed by atoms with Crippen LogP contribution in [0.3, 0.4) is 0 Å². The quantitative estimate of drug-likeness (QED) is 0.643. The topological polar surface area (TPSA) is 83.5 Å². The van der Waals surface area contributed by atoms with Crippen LogP contribution in [0.2, 0.25) is 0 Å². The minimum absolute atomic E-state index is 0.170. The van der Waals surface area contributed by atoms with E-state index in [0.29, 0.717) is 23.6 Å². The third kappa shape index (κ3) is 3.78. The fraction of sp³-hybridized carbons (Fsp3) is 0.500. The molecule has 0 unspecified atom stereocenters. The third-order valence-electron chi connectivity index (χ3n) is 4.48. The van der Waals surface area contributed by atoms with E-state index < -0.39 is 11.8 Å². The summed E-state index contributed by atoms with van der Waals surface area (Å²) in [6.45, 7) is 3.29. The number of carboxylic acids is 1. The van der Waals surface area contributed by atoms with Crippen molar-refractivity contribution in [2.75, 3.05) is 5.32 Å². The molecule has 1 fully saturated rings. The van der Waals surface area contributed by atoms with E-state index in [1.807, 2.05) is 13.0 Å².